The molecule has 0 radical (unpaired) electrons. The fraction of sp³-hybridized carbons (Fsp3) is 0.478. The molecule has 28 heavy (non-hydrogen) atoms. The first-order valence-corrected chi connectivity index (χ1v) is 11.4. The van der Waals surface area contributed by atoms with Crippen LogP contribution < -0.4 is 4.90 Å². The Bertz CT molecular complexity index is 1020. The van der Waals surface area contributed by atoms with Gasteiger partial charge in [0.2, 0.25) is 5.28 Å². The van der Waals surface area contributed by atoms with Crippen LogP contribution in [0.2, 0.25) is 5.28 Å². The summed E-state index contributed by atoms with van der Waals surface area (Å²) in [5.41, 5.74) is 5.19. The number of hydrogen-bond acceptors (Lipinski definition) is 4. The predicted octanol–water partition coefficient (Wildman–Crippen LogP) is 6.96. The van der Waals surface area contributed by atoms with Crippen molar-refractivity contribution in [1.29, 1.82) is 0 Å². The van der Waals surface area contributed by atoms with Crippen molar-refractivity contribution in [3.63, 3.8) is 0 Å². The zero-order chi connectivity index (χ0) is 20.0. The lowest BCUT2D eigenvalue weighted by Crippen LogP contribution is -2.44. The normalized spacial score (nSPS) is 20.1. The SMILES string of the molecule is CCc1sc2nc(Cl)nc(N3C(C)CCCC3C)c2c1-c1ccc(C)c(C)c1. The van der Waals surface area contributed by atoms with Crippen LogP contribution in [0.4, 0.5) is 5.82 Å². The Morgan fingerprint density at radius 3 is 2.46 bits per heavy atom. The lowest BCUT2D eigenvalue weighted by atomic mass is 9.95. The third-order valence-corrected chi connectivity index (χ3v) is 7.53. The monoisotopic (exact) mass is 413 g/mol. The second-order valence-corrected chi connectivity index (χ2v) is 9.51. The van der Waals surface area contributed by atoms with Crippen LogP contribution in [0.1, 0.15) is 56.0 Å². The smallest absolute Gasteiger partial charge is 0.225 e. The summed E-state index contributed by atoms with van der Waals surface area (Å²) in [6.07, 6.45) is 4.63. The highest BCUT2D eigenvalue weighted by atomic mass is 35.5. The highest BCUT2D eigenvalue weighted by Crippen LogP contribution is 2.45. The topological polar surface area (TPSA) is 29.0 Å². The summed E-state index contributed by atoms with van der Waals surface area (Å²) in [5, 5.41) is 1.53. The van der Waals surface area contributed by atoms with Crippen molar-refractivity contribution in [2.45, 2.75) is 72.4 Å². The van der Waals surface area contributed by atoms with Gasteiger partial charge in [-0.05, 0) is 81.7 Å². The van der Waals surface area contributed by atoms with Crippen molar-refractivity contribution in [2.75, 3.05) is 4.90 Å². The van der Waals surface area contributed by atoms with Crippen LogP contribution in [0.25, 0.3) is 21.3 Å². The van der Waals surface area contributed by atoms with Gasteiger partial charge < -0.3 is 4.90 Å². The number of anilines is 1. The van der Waals surface area contributed by atoms with E-state index in [1.165, 1.54) is 51.8 Å². The second kappa shape index (κ2) is 7.64. The van der Waals surface area contributed by atoms with Crippen molar-refractivity contribution in [2.24, 2.45) is 0 Å². The van der Waals surface area contributed by atoms with Gasteiger partial charge in [-0.3, -0.25) is 0 Å². The molecule has 1 saturated heterocycles. The van der Waals surface area contributed by atoms with Crippen LogP contribution in [0.3, 0.4) is 0 Å². The summed E-state index contributed by atoms with van der Waals surface area (Å²) < 4.78 is 0. The Morgan fingerprint density at radius 2 is 1.82 bits per heavy atom. The van der Waals surface area contributed by atoms with Gasteiger partial charge in [-0.1, -0.05) is 25.1 Å². The summed E-state index contributed by atoms with van der Waals surface area (Å²) in [6.45, 7) is 11.2. The Balaban J connectivity index is 2.03. The maximum Gasteiger partial charge on any atom is 0.225 e. The van der Waals surface area contributed by atoms with Crippen molar-refractivity contribution < 1.29 is 0 Å². The number of piperidine rings is 1. The lowest BCUT2D eigenvalue weighted by molar-refractivity contribution is 0.412. The lowest BCUT2D eigenvalue weighted by Gasteiger charge is -2.40. The third kappa shape index (κ3) is 3.31. The first kappa shape index (κ1) is 19.7. The van der Waals surface area contributed by atoms with Gasteiger partial charge in [-0.25, -0.2) is 4.98 Å². The number of fused-ring (bicyclic) bond motifs is 1. The molecule has 0 amide bonds. The highest BCUT2D eigenvalue weighted by molar-refractivity contribution is 7.19. The molecule has 2 unspecified atom stereocenters. The largest absolute Gasteiger partial charge is 0.351 e. The molecule has 0 spiro atoms. The van der Waals surface area contributed by atoms with Gasteiger partial charge in [0, 0.05) is 22.5 Å². The number of aryl methyl sites for hydroxylation is 3. The van der Waals surface area contributed by atoms with Crippen molar-refractivity contribution in [3.8, 4) is 11.1 Å². The maximum absolute atomic E-state index is 6.39. The van der Waals surface area contributed by atoms with E-state index in [4.69, 9.17) is 16.6 Å². The van der Waals surface area contributed by atoms with Crippen LogP contribution in [0, 0.1) is 13.8 Å². The summed E-state index contributed by atoms with van der Waals surface area (Å²) in [5.74, 6) is 1.01. The minimum Gasteiger partial charge on any atom is -0.351 e. The number of hydrogen-bond donors (Lipinski definition) is 0. The number of aromatic nitrogens is 2. The minimum atomic E-state index is 0.350. The molecule has 3 aromatic rings. The fourth-order valence-corrected chi connectivity index (χ4v) is 5.82. The average Bonchev–Trinajstić information content (AvgIpc) is 3.02. The molecule has 1 aliphatic heterocycles. The van der Waals surface area contributed by atoms with E-state index < -0.39 is 0 Å². The number of benzene rings is 1. The molecule has 0 saturated carbocycles. The predicted molar refractivity (Wildman–Crippen MR) is 122 cm³/mol. The Morgan fingerprint density at radius 1 is 1.11 bits per heavy atom. The molecular weight excluding hydrogens is 386 g/mol. The van der Waals surface area contributed by atoms with E-state index in [1.54, 1.807) is 11.3 Å². The zero-order valence-corrected chi connectivity index (χ0v) is 18.9. The Hall–Kier alpha value is -1.65. The number of nitrogens with zero attached hydrogens (tertiary/aromatic N) is 3. The van der Waals surface area contributed by atoms with E-state index in [2.05, 4.69) is 62.7 Å². The standard InChI is InChI=1S/C23H28ClN3S/c1-6-18-19(17-11-10-13(2)14(3)12-17)20-21(25-23(24)26-22(20)28-18)27-15(4)8-7-9-16(27)5/h10-12,15-16H,6-9H2,1-5H3. The Kier molecular flexibility index (Phi) is 5.36. The van der Waals surface area contributed by atoms with E-state index in [1.807, 2.05) is 0 Å². The average molecular weight is 414 g/mol. The summed E-state index contributed by atoms with van der Waals surface area (Å²) in [4.78, 5) is 14.3. The van der Waals surface area contributed by atoms with E-state index in [9.17, 15) is 0 Å². The maximum atomic E-state index is 6.39. The molecule has 2 aromatic heterocycles. The second-order valence-electron chi connectivity index (χ2n) is 8.09. The van der Waals surface area contributed by atoms with Crippen LogP contribution in [0.5, 0.6) is 0 Å². The molecule has 148 valence electrons. The highest BCUT2D eigenvalue weighted by Gasteiger charge is 2.30. The summed E-state index contributed by atoms with van der Waals surface area (Å²) >= 11 is 8.15. The van der Waals surface area contributed by atoms with Gasteiger partial charge in [0.1, 0.15) is 10.6 Å². The fourth-order valence-electron chi connectivity index (χ4n) is 4.48. The summed E-state index contributed by atoms with van der Waals surface area (Å²) in [7, 11) is 0. The van der Waals surface area contributed by atoms with Crippen molar-refractivity contribution >= 4 is 39.0 Å². The molecule has 1 aromatic carbocycles. The molecule has 3 nitrogen and oxygen atoms in total. The molecule has 3 heterocycles. The molecule has 1 aliphatic rings. The molecular formula is C23H28ClN3S. The van der Waals surface area contributed by atoms with E-state index >= 15 is 0 Å². The molecule has 5 heteroatoms. The number of thiophene rings is 1. The number of rotatable bonds is 3. The van der Waals surface area contributed by atoms with E-state index in [-0.39, 0.29) is 0 Å². The van der Waals surface area contributed by atoms with Gasteiger partial charge >= 0.3 is 0 Å². The Labute approximate surface area is 176 Å². The zero-order valence-electron chi connectivity index (χ0n) is 17.3. The van der Waals surface area contributed by atoms with Crippen LogP contribution in [-0.4, -0.2) is 22.1 Å². The molecule has 0 bridgehead atoms. The van der Waals surface area contributed by atoms with Crippen LogP contribution in [0.15, 0.2) is 18.2 Å². The first-order valence-electron chi connectivity index (χ1n) is 10.3. The first-order chi connectivity index (χ1) is 13.4. The minimum absolute atomic E-state index is 0.350. The van der Waals surface area contributed by atoms with Crippen molar-refractivity contribution in [3.05, 3.63) is 39.5 Å². The summed E-state index contributed by atoms with van der Waals surface area (Å²) in [6, 6.07) is 7.67. The molecule has 2 atom stereocenters. The van der Waals surface area contributed by atoms with Gasteiger partial charge in [0.15, 0.2) is 0 Å². The quantitative estimate of drug-likeness (QED) is 0.434. The number of halogens is 1. The molecule has 0 aliphatic carbocycles. The van der Waals surface area contributed by atoms with Crippen LogP contribution in [-0.2, 0) is 6.42 Å². The van der Waals surface area contributed by atoms with Gasteiger partial charge in [-0.15, -0.1) is 11.3 Å². The van der Waals surface area contributed by atoms with Crippen molar-refractivity contribution in [1.82, 2.24) is 9.97 Å². The van der Waals surface area contributed by atoms with Gasteiger partial charge in [0.05, 0.1) is 5.39 Å². The van der Waals surface area contributed by atoms with Crippen LogP contribution >= 0.6 is 22.9 Å². The van der Waals surface area contributed by atoms with Gasteiger partial charge in [0.25, 0.3) is 0 Å². The molecule has 1 fully saturated rings. The molecule has 4 rings (SSSR count). The third-order valence-electron chi connectivity index (χ3n) is 6.13. The molecule has 0 N–H and O–H groups in total. The van der Waals surface area contributed by atoms with E-state index in [0.29, 0.717) is 17.4 Å². The van der Waals surface area contributed by atoms with Gasteiger partial charge in [-0.2, -0.15) is 4.98 Å². The van der Waals surface area contributed by atoms with E-state index in [0.717, 1.165) is 17.1 Å².